The first kappa shape index (κ1) is 20.6. The highest BCUT2D eigenvalue weighted by molar-refractivity contribution is 5.96. The Kier molecular flexibility index (Phi) is 6.45. The first-order chi connectivity index (χ1) is 14.6. The summed E-state index contributed by atoms with van der Waals surface area (Å²) >= 11 is 0. The number of rotatable bonds is 6. The van der Waals surface area contributed by atoms with Crippen LogP contribution in [0.2, 0.25) is 0 Å². The summed E-state index contributed by atoms with van der Waals surface area (Å²) in [4.78, 5) is 31.4. The molecular weight excluding hydrogens is 378 g/mol. The molecular formula is C24H29N3O3. The molecule has 158 valence electrons. The lowest BCUT2D eigenvalue weighted by atomic mass is 10.2. The molecule has 2 amide bonds. The number of hydrogen-bond donors (Lipinski definition) is 0. The SMILES string of the molecule is CC(OCc1ccccc1)C(=O)N1CCN(CC(=O)N2CCc3ccccc32)CC1. The summed E-state index contributed by atoms with van der Waals surface area (Å²) in [5, 5.41) is 0. The molecule has 0 radical (unpaired) electrons. The third-order valence-electron chi connectivity index (χ3n) is 5.92. The number of hydrogen-bond acceptors (Lipinski definition) is 4. The number of amides is 2. The van der Waals surface area contributed by atoms with Gasteiger partial charge in [0.2, 0.25) is 5.91 Å². The fourth-order valence-electron chi connectivity index (χ4n) is 4.12. The molecule has 0 bridgehead atoms. The largest absolute Gasteiger partial charge is 0.364 e. The minimum atomic E-state index is -0.473. The molecule has 2 aromatic carbocycles. The van der Waals surface area contributed by atoms with Gasteiger partial charge in [-0.1, -0.05) is 48.5 Å². The van der Waals surface area contributed by atoms with Crippen molar-refractivity contribution in [2.45, 2.75) is 26.1 Å². The Labute approximate surface area is 178 Å². The van der Waals surface area contributed by atoms with Gasteiger partial charge in [-0.2, -0.15) is 0 Å². The molecule has 2 aromatic rings. The minimum Gasteiger partial charge on any atom is -0.364 e. The number of ether oxygens (including phenoxy) is 1. The standard InChI is InChI=1S/C24H29N3O3/c1-19(30-18-20-7-3-2-4-8-20)24(29)26-15-13-25(14-16-26)17-23(28)27-12-11-21-9-5-6-10-22(21)27/h2-10,19H,11-18H2,1H3. The van der Waals surface area contributed by atoms with Gasteiger partial charge < -0.3 is 14.5 Å². The Morgan fingerprint density at radius 3 is 2.40 bits per heavy atom. The van der Waals surface area contributed by atoms with Gasteiger partial charge in [-0.15, -0.1) is 0 Å². The number of benzene rings is 2. The molecule has 6 heteroatoms. The van der Waals surface area contributed by atoms with E-state index in [1.807, 2.05) is 65.3 Å². The Morgan fingerprint density at radius 2 is 1.63 bits per heavy atom. The van der Waals surface area contributed by atoms with E-state index in [0.717, 1.165) is 24.2 Å². The fraction of sp³-hybridized carbons (Fsp3) is 0.417. The number of anilines is 1. The van der Waals surface area contributed by atoms with Crippen molar-refractivity contribution >= 4 is 17.5 Å². The summed E-state index contributed by atoms with van der Waals surface area (Å²) in [5.74, 6) is 0.157. The monoisotopic (exact) mass is 407 g/mol. The molecule has 6 nitrogen and oxygen atoms in total. The highest BCUT2D eigenvalue weighted by Crippen LogP contribution is 2.27. The molecule has 1 unspecified atom stereocenters. The molecule has 1 atom stereocenters. The zero-order chi connectivity index (χ0) is 20.9. The number of carbonyl (C=O) groups is 2. The van der Waals surface area contributed by atoms with Crippen LogP contribution in [0.3, 0.4) is 0 Å². The molecule has 0 aromatic heterocycles. The van der Waals surface area contributed by atoms with Crippen molar-refractivity contribution in [3.63, 3.8) is 0 Å². The maximum Gasteiger partial charge on any atom is 0.251 e. The van der Waals surface area contributed by atoms with Crippen LogP contribution >= 0.6 is 0 Å². The zero-order valence-electron chi connectivity index (χ0n) is 17.5. The molecule has 0 spiro atoms. The highest BCUT2D eigenvalue weighted by atomic mass is 16.5. The second kappa shape index (κ2) is 9.41. The number of nitrogens with zero attached hydrogens (tertiary/aromatic N) is 3. The van der Waals surface area contributed by atoms with Crippen molar-refractivity contribution in [3.05, 3.63) is 65.7 Å². The van der Waals surface area contributed by atoms with E-state index in [2.05, 4.69) is 11.0 Å². The first-order valence-corrected chi connectivity index (χ1v) is 10.7. The smallest absolute Gasteiger partial charge is 0.251 e. The third kappa shape index (κ3) is 4.71. The molecule has 4 rings (SSSR count). The predicted molar refractivity (Wildman–Crippen MR) is 116 cm³/mol. The third-order valence-corrected chi connectivity index (χ3v) is 5.92. The second-order valence-electron chi connectivity index (χ2n) is 7.96. The Bertz CT molecular complexity index is 878. The van der Waals surface area contributed by atoms with Gasteiger partial charge in [0.25, 0.3) is 5.91 Å². The molecule has 2 aliphatic rings. The van der Waals surface area contributed by atoms with Crippen LogP contribution in [0.1, 0.15) is 18.1 Å². The Hall–Kier alpha value is -2.70. The first-order valence-electron chi connectivity index (χ1n) is 10.7. The van der Waals surface area contributed by atoms with Crippen LogP contribution in [-0.2, 0) is 27.4 Å². The van der Waals surface area contributed by atoms with E-state index in [-0.39, 0.29) is 11.8 Å². The normalized spacial score (nSPS) is 17.6. The number of carbonyl (C=O) groups excluding carboxylic acids is 2. The van der Waals surface area contributed by atoms with E-state index in [0.29, 0.717) is 39.3 Å². The van der Waals surface area contributed by atoms with E-state index in [1.165, 1.54) is 5.56 Å². The number of fused-ring (bicyclic) bond motifs is 1. The Morgan fingerprint density at radius 1 is 0.933 bits per heavy atom. The lowest BCUT2D eigenvalue weighted by Gasteiger charge is -2.36. The average molecular weight is 408 g/mol. The molecule has 30 heavy (non-hydrogen) atoms. The van der Waals surface area contributed by atoms with Crippen molar-refractivity contribution < 1.29 is 14.3 Å². The summed E-state index contributed by atoms with van der Waals surface area (Å²) in [6.07, 6.45) is 0.449. The van der Waals surface area contributed by atoms with E-state index >= 15 is 0 Å². The van der Waals surface area contributed by atoms with E-state index in [1.54, 1.807) is 0 Å². The van der Waals surface area contributed by atoms with E-state index in [9.17, 15) is 9.59 Å². The van der Waals surface area contributed by atoms with Crippen LogP contribution in [0.5, 0.6) is 0 Å². The van der Waals surface area contributed by atoms with Crippen LogP contribution in [0.25, 0.3) is 0 Å². The van der Waals surface area contributed by atoms with E-state index < -0.39 is 6.10 Å². The molecule has 0 saturated carbocycles. The summed E-state index contributed by atoms with van der Waals surface area (Å²) in [7, 11) is 0. The van der Waals surface area contributed by atoms with Gasteiger partial charge in [-0.05, 0) is 30.5 Å². The second-order valence-corrected chi connectivity index (χ2v) is 7.96. The van der Waals surface area contributed by atoms with Crippen molar-refractivity contribution in [3.8, 4) is 0 Å². The summed E-state index contributed by atoms with van der Waals surface area (Å²) in [6, 6.07) is 18.0. The van der Waals surface area contributed by atoms with Crippen LogP contribution in [-0.4, -0.2) is 67.0 Å². The number of piperazine rings is 1. The molecule has 1 fully saturated rings. The zero-order valence-corrected chi connectivity index (χ0v) is 17.5. The predicted octanol–water partition coefficient (Wildman–Crippen LogP) is 2.33. The van der Waals surface area contributed by atoms with Gasteiger partial charge >= 0.3 is 0 Å². The van der Waals surface area contributed by atoms with Crippen LogP contribution in [0.4, 0.5) is 5.69 Å². The van der Waals surface area contributed by atoms with Gasteiger partial charge in [0, 0.05) is 38.4 Å². The highest BCUT2D eigenvalue weighted by Gasteiger charge is 2.29. The molecule has 0 N–H and O–H groups in total. The fourth-order valence-corrected chi connectivity index (χ4v) is 4.12. The molecule has 1 saturated heterocycles. The summed E-state index contributed by atoms with van der Waals surface area (Å²) < 4.78 is 5.77. The van der Waals surface area contributed by atoms with Gasteiger partial charge in [0.1, 0.15) is 6.10 Å². The van der Waals surface area contributed by atoms with Gasteiger partial charge in [0.15, 0.2) is 0 Å². The van der Waals surface area contributed by atoms with Gasteiger partial charge in [-0.25, -0.2) is 0 Å². The summed E-state index contributed by atoms with van der Waals surface area (Å²) in [5.41, 5.74) is 3.34. The van der Waals surface area contributed by atoms with Crippen molar-refractivity contribution in [1.82, 2.24) is 9.80 Å². The maximum absolute atomic E-state index is 12.8. The lowest BCUT2D eigenvalue weighted by Crippen LogP contribution is -2.53. The average Bonchev–Trinajstić information content (AvgIpc) is 3.22. The van der Waals surface area contributed by atoms with E-state index in [4.69, 9.17) is 4.74 Å². The number of para-hydroxylation sites is 1. The van der Waals surface area contributed by atoms with Gasteiger partial charge in [0.05, 0.1) is 13.2 Å². The topological polar surface area (TPSA) is 53.1 Å². The van der Waals surface area contributed by atoms with Gasteiger partial charge in [-0.3, -0.25) is 14.5 Å². The quantitative estimate of drug-likeness (QED) is 0.738. The maximum atomic E-state index is 12.8. The molecule has 2 heterocycles. The van der Waals surface area contributed by atoms with Crippen LogP contribution < -0.4 is 4.90 Å². The minimum absolute atomic E-state index is 0.0189. The molecule has 0 aliphatic carbocycles. The Balaban J connectivity index is 1.23. The molecule has 2 aliphatic heterocycles. The summed E-state index contributed by atoms with van der Waals surface area (Å²) in [6.45, 7) is 6.06. The van der Waals surface area contributed by atoms with Crippen molar-refractivity contribution in [1.29, 1.82) is 0 Å². The van der Waals surface area contributed by atoms with Crippen LogP contribution in [0, 0.1) is 0 Å². The van der Waals surface area contributed by atoms with Crippen LogP contribution in [0.15, 0.2) is 54.6 Å². The van der Waals surface area contributed by atoms with Crippen molar-refractivity contribution in [2.24, 2.45) is 0 Å². The lowest BCUT2D eigenvalue weighted by molar-refractivity contribution is -0.145. The van der Waals surface area contributed by atoms with Crippen molar-refractivity contribution in [2.75, 3.05) is 44.2 Å².